The van der Waals surface area contributed by atoms with Gasteiger partial charge in [-0.2, -0.15) is 0 Å². The lowest BCUT2D eigenvalue weighted by molar-refractivity contribution is 0.339. The maximum absolute atomic E-state index is 6.00. The summed E-state index contributed by atoms with van der Waals surface area (Å²) in [5, 5.41) is 8.50. The minimum atomic E-state index is 0.372. The lowest BCUT2D eigenvalue weighted by Crippen LogP contribution is -2.18. The van der Waals surface area contributed by atoms with Crippen LogP contribution in [0.25, 0.3) is 0 Å². The van der Waals surface area contributed by atoms with Gasteiger partial charge in [-0.1, -0.05) is 19.3 Å². The summed E-state index contributed by atoms with van der Waals surface area (Å²) in [5.41, 5.74) is 6.00. The number of nitrogens with two attached hydrogens (primary N) is 1. The predicted octanol–water partition coefficient (Wildman–Crippen LogP) is 2.38. The molecule has 2 saturated carbocycles. The van der Waals surface area contributed by atoms with Gasteiger partial charge in [-0.05, 0) is 32.1 Å². The highest BCUT2D eigenvalue weighted by molar-refractivity contribution is 5.03. The fourth-order valence-electron chi connectivity index (χ4n) is 3.44. The molecule has 1 aromatic heterocycles. The van der Waals surface area contributed by atoms with Crippen molar-refractivity contribution in [3.05, 3.63) is 12.2 Å². The van der Waals surface area contributed by atoms with E-state index in [2.05, 4.69) is 14.8 Å². The number of aromatic nitrogens is 3. The summed E-state index contributed by atoms with van der Waals surface area (Å²) < 4.78 is 2.35. The summed E-state index contributed by atoms with van der Waals surface area (Å²) in [7, 11) is 0. The summed E-state index contributed by atoms with van der Waals surface area (Å²) in [5.74, 6) is 1.75. The summed E-state index contributed by atoms with van der Waals surface area (Å²) in [6, 6.07) is 1.02. The minimum Gasteiger partial charge on any atom is -0.328 e. The van der Waals surface area contributed by atoms with E-state index in [1.165, 1.54) is 44.3 Å². The van der Waals surface area contributed by atoms with Gasteiger partial charge in [0.05, 0.1) is 0 Å². The second-order valence-corrected chi connectivity index (χ2v) is 5.66. The number of nitrogens with zero attached hydrogens (tertiary/aromatic N) is 3. The van der Waals surface area contributed by atoms with E-state index in [-0.39, 0.29) is 0 Å². The van der Waals surface area contributed by atoms with Crippen LogP contribution in [0.2, 0.25) is 0 Å². The highest BCUT2D eigenvalue weighted by Gasteiger charge is 2.29. The van der Waals surface area contributed by atoms with Crippen molar-refractivity contribution < 1.29 is 0 Å². The van der Waals surface area contributed by atoms with Crippen molar-refractivity contribution in [2.45, 2.75) is 69.4 Å². The fraction of sp³-hybridized carbons (Fsp3) is 0.846. The molecule has 2 aliphatic rings. The van der Waals surface area contributed by atoms with Crippen LogP contribution in [0.5, 0.6) is 0 Å². The monoisotopic (exact) mass is 234 g/mol. The Labute approximate surface area is 103 Å². The van der Waals surface area contributed by atoms with Gasteiger partial charge in [-0.25, -0.2) is 0 Å². The molecule has 17 heavy (non-hydrogen) atoms. The lowest BCUT2D eigenvalue weighted by atomic mass is 9.94. The Morgan fingerprint density at radius 2 is 1.94 bits per heavy atom. The Bertz CT molecular complexity index is 348. The molecule has 0 saturated heterocycles. The molecule has 1 heterocycles. The van der Waals surface area contributed by atoms with Crippen molar-refractivity contribution in [2.24, 2.45) is 5.73 Å². The number of hydrogen-bond donors (Lipinski definition) is 1. The molecule has 0 aromatic carbocycles. The molecular formula is C13H22N4. The summed E-state index contributed by atoms with van der Waals surface area (Å²) in [6.45, 7) is 0. The van der Waals surface area contributed by atoms with Crippen LogP contribution in [0.3, 0.4) is 0 Å². The van der Waals surface area contributed by atoms with Gasteiger partial charge in [0.1, 0.15) is 12.2 Å². The molecule has 4 heteroatoms. The van der Waals surface area contributed by atoms with Crippen LogP contribution in [-0.4, -0.2) is 20.8 Å². The third-order valence-electron chi connectivity index (χ3n) is 4.41. The van der Waals surface area contributed by atoms with E-state index in [0.717, 1.165) is 12.8 Å². The largest absolute Gasteiger partial charge is 0.328 e. The van der Waals surface area contributed by atoms with Crippen molar-refractivity contribution in [3.63, 3.8) is 0 Å². The van der Waals surface area contributed by atoms with Gasteiger partial charge in [0.2, 0.25) is 0 Å². The molecule has 0 aliphatic heterocycles. The van der Waals surface area contributed by atoms with Crippen molar-refractivity contribution in [1.82, 2.24) is 14.8 Å². The molecule has 0 bridgehead atoms. The molecule has 2 atom stereocenters. The topological polar surface area (TPSA) is 56.7 Å². The standard InChI is InChI=1S/C13H22N4/c14-11-7-6-10(8-11)13-16-15-9-17(13)12-4-2-1-3-5-12/h9-12H,1-8,14H2. The van der Waals surface area contributed by atoms with Gasteiger partial charge >= 0.3 is 0 Å². The first-order chi connectivity index (χ1) is 8.34. The molecule has 3 rings (SSSR count). The van der Waals surface area contributed by atoms with Gasteiger partial charge in [0.25, 0.3) is 0 Å². The molecule has 0 spiro atoms. The Morgan fingerprint density at radius 3 is 2.65 bits per heavy atom. The zero-order valence-corrected chi connectivity index (χ0v) is 10.4. The van der Waals surface area contributed by atoms with Crippen LogP contribution in [0, 0.1) is 0 Å². The SMILES string of the molecule is NC1CCC(c2nncn2C2CCCCC2)C1. The van der Waals surface area contributed by atoms with Gasteiger partial charge in [-0.3, -0.25) is 0 Å². The average molecular weight is 234 g/mol. The van der Waals surface area contributed by atoms with E-state index in [1.54, 1.807) is 0 Å². The van der Waals surface area contributed by atoms with E-state index < -0.39 is 0 Å². The molecule has 2 fully saturated rings. The van der Waals surface area contributed by atoms with Gasteiger partial charge in [0.15, 0.2) is 0 Å². The minimum absolute atomic E-state index is 0.372. The molecule has 4 nitrogen and oxygen atoms in total. The highest BCUT2D eigenvalue weighted by Crippen LogP contribution is 2.36. The summed E-state index contributed by atoms with van der Waals surface area (Å²) in [6.07, 6.45) is 12.0. The van der Waals surface area contributed by atoms with E-state index in [1.807, 2.05) is 6.33 Å². The summed E-state index contributed by atoms with van der Waals surface area (Å²) in [4.78, 5) is 0. The second-order valence-electron chi connectivity index (χ2n) is 5.66. The zero-order chi connectivity index (χ0) is 11.7. The number of rotatable bonds is 2. The van der Waals surface area contributed by atoms with E-state index >= 15 is 0 Å². The fourth-order valence-corrected chi connectivity index (χ4v) is 3.44. The first kappa shape index (κ1) is 11.2. The van der Waals surface area contributed by atoms with Crippen molar-refractivity contribution in [1.29, 1.82) is 0 Å². The van der Waals surface area contributed by atoms with Crippen LogP contribution >= 0.6 is 0 Å². The Morgan fingerprint density at radius 1 is 1.12 bits per heavy atom. The third kappa shape index (κ3) is 2.23. The normalized spacial score (nSPS) is 30.9. The van der Waals surface area contributed by atoms with Crippen LogP contribution in [-0.2, 0) is 0 Å². The van der Waals surface area contributed by atoms with Gasteiger partial charge < -0.3 is 10.3 Å². The molecular weight excluding hydrogens is 212 g/mol. The maximum Gasteiger partial charge on any atom is 0.136 e. The van der Waals surface area contributed by atoms with Crippen LogP contribution in [0.4, 0.5) is 0 Å². The molecule has 94 valence electrons. The predicted molar refractivity (Wildman–Crippen MR) is 66.7 cm³/mol. The smallest absolute Gasteiger partial charge is 0.136 e. The molecule has 0 amide bonds. The van der Waals surface area contributed by atoms with E-state index in [9.17, 15) is 0 Å². The summed E-state index contributed by atoms with van der Waals surface area (Å²) >= 11 is 0. The van der Waals surface area contributed by atoms with E-state index in [4.69, 9.17) is 5.73 Å². The quantitative estimate of drug-likeness (QED) is 0.854. The van der Waals surface area contributed by atoms with Crippen molar-refractivity contribution in [3.8, 4) is 0 Å². The Balaban J connectivity index is 1.78. The lowest BCUT2D eigenvalue weighted by Gasteiger charge is -2.25. The van der Waals surface area contributed by atoms with Crippen molar-refractivity contribution >= 4 is 0 Å². The van der Waals surface area contributed by atoms with Crippen LogP contribution in [0.1, 0.15) is 69.2 Å². The maximum atomic E-state index is 6.00. The third-order valence-corrected chi connectivity index (χ3v) is 4.41. The average Bonchev–Trinajstić information content (AvgIpc) is 2.98. The van der Waals surface area contributed by atoms with Gasteiger partial charge in [-0.15, -0.1) is 10.2 Å². The van der Waals surface area contributed by atoms with E-state index in [0.29, 0.717) is 18.0 Å². The van der Waals surface area contributed by atoms with Crippen molar-refractivity contribution in [2.75, 3.05) is 0 Å². The van der Waals surface area contributed by atoms with Crippen LogP contribution in [0.15, 0.2) is 6.33 Å². The zero-order valence-electron chi connectivity index (χ0n) is 10.4. The van der Waals surface area contributed by atoms with Crippen LogP contribution < -0.4 is 5.73 Å². The molecule has 2 unspecified atom stereocenters. The second kappa shape index (κ2) is 4.77. The Kier molecular flexibility index (Phi) is 3.14. The molecule has 0 radical (unpaired) electrons. The first-order valence-electron chi connectivity index (χ1n) is 6.99. The Hall–Kier alpha value is -0.900. The number of hydrogen-bond acceptors (Lipinski definition) is 3. The molecule has 1 aromatic rings. The molecule has 2 aliphatic carbocycles. The first-order valence-corrected chi connectivity index (χ1v) is 6.99. The highest BCUT2D eigenvalue weighted by atomic mass is 15.3. The molecule has 2 N–H and O–H groups in total. The van der Waals surface area contributed by atoms with Gasteiger partial charge in [0, 0.05) is 18.0 Å².